The molecule has 4 nitrogen and oxygen atoms in total. The molecule has 4 heteroatoms. The maximum absolute atomic E-state index is 8.86. The second-order valence-corrected chi connectivity index (χ2v) is 5.89. The van der Waals surface area contributed by atoms with Gasteiger partial charge < -0.3 is 5.32 Å². The summed E-state index contributed by atoms with van der Waals surface area (Å²) in [5.74, 6) is 0.628. The normalized spacial score (nSPS) is 15.6. The molecule has 1 N–H and O–H groups in total. The minimum atomic E-state index is 0.628. The van der Waals surface area contributed by atoms with E-state index in [0.29, 0.717) is 11.5 Å². The van der Waals surface area contributed by atoms with Gasteiger partial charge in [-0.1, -0.05) is 12.1 Å². The van der Waals surface area contributed by atoms with Crippen LogP contribution in [0.25, 0.3) is 0 Å². The molecule has 22 heavy (non-hydrogen) atoms. The first-order chi connectivity index (χ1) is 10.8. The van der Waals surface area contributed by atoms with Crippen LogP contribution in [0, 0.1) is 11.3 Å². The van der Waals surface area contributed by atoms with Gasteiger partial charge in [-0.05, 0) is 56.6 Å². The van der Waals surface area contributed by atoms with Crippen LogP contribution in [0.15, 0.2) is 30.3 Å². The molecular formula is C18H22N4. The quantitative estimate of drug-likeness (QED) is 0.943. The molecule has 1 saturated heterocycles. The standard InChI is InChI=1S/C18H22N4/c1-2-22-18(16-7-9-20-10-8-16)12-17(21-22)11-14-3-5-15(13-19)6-4-14/h3-6,12,16,20H,2,7-11H2,1H3. The summed E-state index contributed by atoms with van der Waals surface area (Å²) in [5, 5.41) is 17.1. The van der Waals surface area contributed by atoms with Gasteiger partial charge in [0.2, 0.25) is 0 Å². The van der Waals surface area contributed by atoms with Crippen molar-refractivity contribution in [1.29, 1.82) is 5.26 Å². The molecule has 0 saturated carbocycles. The first kappa shape index (κ1) is 14.8. The zero-order chi connectivity index (χ0) is 15.4. The molecule has 114 valence electrons. The van der Waals surface area contributed by atoms with E-state index in [0.717, 1.165) is 31.7 Å². The van der Waals surface area contributed by atoms with Crippen LogP contribution in [0.4, 0.5) is 0 Å². The van der Waals surface area contributed by atoms with E-state index in [2.05, 4.69) is 29.1 Å². The topological polar surface area (TPSA) is 53.6 Å². The Morgan fingerprint density at radius 2 is 2.00 bits per heavy atom. The van der Waals surface area contributed by atoms with Crippen LogP contribution >= 0.6 is 0 Å². The van der Waals surface area contributed by atoms with Crippen molar-refractivity contribution < 1.29 is 0 Å². The van der Waals surface area contributed by atoms with Crippen molar-refractivity contribution in [3.63, 3.8) is 0 Å². The number of piperidine rings is 1. The van der Waals surface area contributed by atoms with Crippen molar-refractivity contribution in [2.75, 3.05) is 13.1 Å². The van der Waals surface area contributed by atoms with E-state index in [1.54, 1.807) is 0 Å². The molecule has 3 rings (SSSR count). The third-order valence-electron chi connectivity index (χ3n) is 4.39. The number of benzene rings is 1. The number of nitrogens with one attached hydrogen (secondary N) is 1. The Hall–Kier alpha value is -2.12. The van der Waals surface area contributed by atoms with Gasteiger partial charge in [-0.25, -0.2) is 0 Å². The summed E-state index contributed by atoms with van der Waals surface area (Å²) >= 11 is 0. The van der Waals surface area contributed by atoms with Gasteiger partial charge in [-0.15, -0.1) is 0 Å². The van der Waals surface area contributed by atoms with Crippen LogP contribution in [-0.4, -0.2) is 22.9 Å². The molecular weight excluding hydrogens is 272 g/mol. The summed E-state index contributed by atoms with van der Waals surface area (Å²) in [7, 11) is 0. The molecule has 1 aliphatic heterocycles. The largest absolute Gasteiger partial charge is 0.317 e. The molecule has 1 aromatic heterocycles. The Labute approximate surface area is 131 Å². The Kier molecular flexibility index (Phi) is 4.55. The van der Waals surface area contributed by atoms with Gasteiger partial charge in [-0.2, -0.15) is 10.4 Å². The lowest BCUT2D eigenvalue weighted by Gasteiger charge is -2.23. The maximum atomic E-state index is 8.86. The first-order valence-corrected chi connectivity index (χ1v) is 8.06. The Balaban J connectivity index is 1.78. The summed E-state index contributed by atoms with van der Waals surface area (Å²) in [4.78, 5) is 0. The highest BCUT2D eigenvalue weighted by molar-refractivity contribution is 5.33. The van der Waals surface area contributed by atoms with E-state index in [9.17, 15) is 0 Å². The van der Waals surface area contributed by atoms with Gasteiger partial charge in [0.05, 0.1) is 17.3 Å². The predicted molar refractivity (Wildman–Crippen MR) is 86.7 cm³/mol. The number of nitriles is 1. The van der Waals surface area contributed by atoms with Crippen molar-refractivity contribution in [2.45, 2.75) is 38.6 Å². The second kappa shape index (κ2) is 6.76. The molecule has 0 aliphatic carbocycles. The Morgan fingerprint density at radius 3 is 2.64 bits per heavy atom. The van der Waals surface area contributed by atoms with Crippen molar-refractivity contribution in [3.8, 4) is 6.07 Å². The van der Waals surface area contributed by atoms with Gasteiger partial charge in [0, 0.05) is 24.6 Å². The Bertz CT molecular complexity index is 657. The number of rotatable bonds is 4. The van der Waals surface area contributed by atoms with Gasteiger partial charge in [0.1, 0.15) is 0 Å². The smallest absolute Gasteiger partial charge is 0.0991 e. The van der Waals surface area contributed by atoms with E-state index >= 15 is 0 Å². The third-order valence-corrected chi connectivity index (χ3v) is 4.39. The fraction of sp³-hybridized carbons (Fsp3) is 0.444. The fourth-order valence-corrected chi connectivity index (χ4v) is 3.18. The fourth-order valence-electron chi connectivity index (χ4n) is 3.18. The minimum absolute atomic E-state index is 0.628. The van der Waals surface area contributed by atoms with Gasteiger partial charge >= 0.3 is 0 Å². The van der Waals surface area contributed by atoms with Crippen LogP contribution in [-0.2, 0) is 13.0 Å². The highest BCUT2D eigenvalue weighted by Crippen LogP contribution is 2.26. The first-order valence-electron chi connectivity index (χ1n) is 8.06. The molecule has 0 amide bonds. The molecule has 0 bridgehead atoms. The average Bonchev–Trinajstić information content (AvgIpc) is 2.99. The van der Waals surface area contributed by atoms with Crippen LogP contribution in [0.1, 0.15) is 48.2 Å². The van der Waals surface area contributed by atoms with Crippen LogP contribution in [0.5, 0.6) is 0 Å². The van der Waals surface area contributed by atoms with Crippen molar-refractivity contribution >= 4 is 0 Å². The SMILES string of the molecule is CCn1nc(Cc2ccc(C#N)cc2)cc1C1CCNCC1. The summed E-state index contributed by atoms with van der Waals surface area (Å²) < 4.78 is 2.16. The van der Waals surface area contributed by atoms with Gasteiger partial charge in [0.25, 0.3) is 0 Å². The third kappa shape index (κ3) is 3.20. The van der Waals surface area contributed by atoms with Crippen LogP contribution in [0.2, 0.25) is 0 Å². The van der Waals surface area contributed by atoms with Crippen molar-refractivity contribution in [2.24, 2.45) is 0 Å². The van der Waals surface area contributed by atoms with Crippen LogP contribution < -0.4 is 5.32 Å². The monoisotopic (exact) mass is 294 g/mol. The molecule has 1 aromatic carbocycles. The van der Waals surface area contributed by atoms with Crippen LogP contribution in [0.3, 0.4) is 0 Å². The van der Waals surface area contributed by atoms with E-state index in [1.165, 1.54) is 24.1 Å². The zero-order valence-electron chi connectivity index (χ0n) is 13.0. The lowest BCUT2D eigenvalue weighted by atomic mass is 9.94. The van der Waals surface area contributed by atoms with E-state index in [4.69, 9.17) is 10.4 Å². The lowest BCUT2D eigenvalue weighted by Crippen LogP contribution is -2.27. The summed E-state index contributed by atoms with van der Waals surface area (Å²) in [5.41, 5.74) is 4.42. The molecule has 1 fully saturated rings. The van der Waals surface area contributed by atoms with E-state index in [1.807, 2.05) is 24.3 Å². The summed E-state index contributed by atoms with van der Waals surface area (Å²) in [6, 6.07) is 12.2. The molecule has 0 unspecified atom stereocenters. The highest BCUT2D eigenvalue weighted by Gasteiger charge is 2.20. The molecule has 2 heterocycles. The minimum Gasteiger partial charge on any atom is -0.317 e. The highest BCUT2D eigenvalue weighted by atomic mass is 15.3. The average molecular weight is 294 g/mol. The molecule has 1 aliphatic rings. The number of aromatic nitrogens is 2. The number of nitrogens with zero attached hydrogens (tertiary/aromatic N) is 3. The zero-order valence-corrected chi connectivity index (χ0v) is 13.0. The van der Waals surface area contributed by atoms with E-state index in [-0.39, 0.29) is 0 Å². The van der Waals surface area contributed by atoms with Gasteiger partial charge in [0.15, 0.2) is 0 Å². The number of hydrogen-bond donors (Lipinski definition) is 1. The van der Waals surface area contributed by atoms with Gasteiger partial charge in [-0.3, -0.25) is 4.68 Å². The lowest BCUT2D eigenvalue weighted by molar-refractivity contribution is 0.432. The van der Waals surface area contributed by atoms with E-state index < -0.39 is 0 Å². The predicted octanol–water partition coefficient (Wildman–Crippen LogP) is 2.83. The summed E-state index contributed by atoms with van der Waals surface area (Å²) in [6.07, 6.45) is 3.22. The number of aryl methyl sites for hydroxylation is 1. The molecule has 0 radical (unpaired) electrons. The van der Waals surface area contributed by atoms with Crippen molar-refractivity contribution in [1.82, 2.24) is 15.1 Å². The molecule has 2 aromatic rings. The maximum Gasteiger partial charge on any atom is 0.0991 e. The van der Waals surface area contributed by atoms with Crippen molar-refractivity contribution in [3.05, 3.63) is 52.8 Å². The Morgan fingerprint density at radius 1 is 1.27 bits per heavy atom. The number of hydrogen-bond acceptors (Lipinski definition) is 3. The molecule has 0 atom stereocenters. The molecule has 0 spiro atoms. The second-order valence-electron chi connectivity index (χ2n) is 5.89. The summed E-state index contributed by atoms with van der Waals surface area (Å²) in [6.45, 7) is 5.28.